The van der Waals surface area contributed by atoms with Crippen molar-refractivity contribution in [1.82, 2.24) is 0 Å². The van der Waals surface area contributed by atoms with Crippen LogP contribution in [-0.2, 0) is 5.41 Å². The van der Waals surface area contributed by atoms with E-state index in [9.17, 15) is 22.7 Å². The summed E-state index contributed by atoms with van der Waals surface area (Å²) < 4.78 is 56.1. The zero-order valence-corrected chi connectivity index (χ0v) is 12.5. The number of aliphatic hydroxyl groups is 1. The maximum atomic E-state index is 13.5. The van der Waals surface area contributed by atoms with E-state index < -0.39 is 24.0 Å². The van der Waals surface area contributed by atoms with Gasteiger partial charge in [-0.1, -0.05) is 20.8 Å². The van der Waals surface area contributed by atoms with Gasteiger partial charge in [0.2, 0.25) is 0 Å². The van der Waals surface area contributed by atoms with Crippen LogP contribution in [0.1, 0.15) is 39.7 Å². The summed E-state index contributed by atoms with van der Waals surface area (Å²) in [7, 11) is 0. The number of alkyl halides is 3. The molecular formula is C15H20F4O2. The highest BCUT2D eigenvalue weighted by molar-refractivity contribution is 5.33. The predicted octanol–water partition coefficient (Wildman–Crippen LogP) is 4.21. The Labute approximate surface area is 121 Å². The smallest absolute Gasteiger partial charge is 0.417 e. The van der Waals surface area contributed by atoms with Gasteiger partial charge in [-0.05, 0) is 30.0 Å². The molecule has 0 amide bonds. The molecule has 2 nitrogen and oxygen atoms in total. The molecular weight excluding hydrogens is 288 g/mol. The Hall–Kier alpha value is -1.30. The number of hydrogen-bond acceptors (Lipinski definition) is 2. The van der Waals surface area contributed by atoms with Crippen LogP contribution in [0.3, 0.4) is 0 Å². The summed E-state index contributed by atoms with van der Waals surface area (Å²) in [6.45, 7) is 5.99. The van der Waals surface area contributed by atoms with Crippen molar-refractivity contribution >= 4 is 0 Å². The fraction of sp³-hybridized carbons (Fsp3) is 0.600. The summed E-state index contributed by atoms with van der Waals surface area (Å²) in [6, 6.07) is 4.06. The Kier molecular flexibility index (Phi) is 4.93. The van der Waals surface area contributed by atoms with Gasteiger partial charge in [0, 0.05) is 12.5 Å². The highest BCUT2D eigenvalue weighted by Gasteiger charge is 2.49. The molecule has 0 bridgehead atoms. The molecule has 1 N–H and O–H groups in total. The van der Waals surface area contributed by atoms with Gasteiger partial charge in [0.1, 0.15) is 11.6 Å². The lowest BCUT2D eigenvalue weighted by Crippen LogP contribution is -2.43. The van der Waals surface area contributed by atoms with Gasteiger partial charge in [0.25, 0.3) is 0 Å². The van der Waals surface area contributed by atoms with Crippen molar-refractivity contribution in [1.29, 1.82) is 0 Å². The first-order chi connectivity index (χ1) is 9.33. The van der Waals surface area contributed by atoms with Crippen LogP contribution in [0.15, 0.2) is 18.2 Å². The molecule has 6 heteroatoms. The van der Waals surface area contributed by atoms with E-state index in [0.29, 0.717) is 12.5 Å². The van der Waals surface area contributed by atoms with E-state index in [0.717, 1.165) is 6.07 Å². The number of benzene rings is 1. The first-order valence-corrected chi connectivity index (χ1v) is 6.56. The average Bonchev–Trinajstić information content (AvgIpc) is 2.25. The molecule has 1 atom stereocenters. The van der Waals surface area contributed by atoms with Crippen molar-refractivity contribution in [2.45, 2.75) is 51.3 Å². The molecule has 0 aliphatic carbocycles. The van der Waals surface area contributed by atoms with Crippen LogP contribution < -0.4 is 4.74 Å². The fourth-order valence-corrected chi connectivity index (χ4v) is 1.59. The second-order valence-corrected chi connectivity index (χ2v) is 6.30. The van der Waals surface area contributed by atoms with Gasteiger partial charge in [-0.25, -0.2) is 4.39 Å². The zero-order chi connectivity index (χ0) is 16.5. The van der Waals surface area contributed by atoms with Gasteiger partial charge < -0.3 is 9.84 Å². The third-order valence-electron chi connectivity index (χ3n) is 3.21. The quantitative estimate of drug-likeness (QED) is 0.845. The summed E-state index contributed by atoms with van der Waals surface area (Å²) in [4.78, 5) is 0. The van der Waals surface area contributed by atoms with Crippen molar-refractivity contribution < 1.29 is 27.4 Å². The van der Waals surface area contributed by atoms with Gasteiger partial charge in [-0.2, -0.15) is 13.2 Å². The average molecular weight is 308 g/mol. The number of ether oxygens (including phenoxy) is 1. The molecule has 1 aromatic rings. The van der Waals surface area contributed by atoms with E-state index >= 15 is 0 Å². The second kappa shape index (κ2) is 5.83. The van der Waals surface area contributed by atoms with Gasteiger partial charge in [-0.3, -0.25) is 0 Å². The Morgan fingerprint density at radius 1 is 1.05 bits per heavy atom. The molecule has 0 fully saturated rings. The third kappa shape index (κ3) is 4.88. The third-order valence-corrected chi connectivity index (χ3v) is 3.21. The van der Waals surface area contributed by atoms with Crippen LogP contribution in [0, 0.1) is 5.82 Å². The molecule has 0 saturated heterocycles. The van der Waals surface area contributed by atoms with Gasteiger partial charge in [0.05, 0.1) is 6.61 Å². The Morgan fingerprint density at radius 3 is 2.10 bits per heavy atom. The Bertz CT molecular complexity index is 487. The molecule has 0 aromatic heterocycles. The fourth-order valence-electron chi connectivity index (χ4n) is 1.59. The molecule has 21 heavy (non-hydrogen) atoms. The summed E-state index contributed by atoms with van der Waals surface area (Å²) in [5.41, 5.74) is -2.45. The molecule has 0 saturated carbocycles. The van der Waals surface area contributed by atoms with E-state index in [1.54, 1.807) is 6.07 Å². The van der Waals surface area contributed by atoms with Crippen molar-refractivity contribution in [2.75, 3.05) is 6.61 Å². The van der Waals surface area contributed by atoms with Crippen LogP contribution in [0.2, 0.25) is 0 Å². The van der Waals surface area contributed by atoms with Crippen molar-refractivity contribution in [3.63, 3.8) is 0 Å². The van der Waals surface area contributed by atoms with Crippen LogP contribution >= 0.6 is 0 Å². The van der Waals surface area contributed by atoms with Crippen molar-refractivity contribution in [3.8, 4) is 5.75 Å². The summed E-state index contributed by atoms with van der Waals surface area (Å²) in [5.74, 6) is -0.363. The molecule has 0 heterocycles. The number of halogens is 4. The summed E-state index contributed by atoms with van der Waals surface area (Å²) >= 11 is 0. The molecule has 1 aromatic carbocycles. The summed E-state index contributed by atoms with van der Waals surface area (Å²) in [6.07, 6.45) is -5.35. The number of hydrogen-bond donors (Lipinski definition) is 1. The predicted molar refractivity (Wildman–Crippen MR) is 71.9 cm³/mol. The number of rotatable bonds is 4. The van der Waals surface area contributed by atoms with Crippen LogP contribution in [-0.4, -0.2) is 23.5 Å². The van der Waals surface area contributed by atoms with E-state index in [4.69, 9.17) is 4.74 Å². The van der Waals surface area contributed by atoms with Gasteiger partial charge in [0.15, 0.2) is 5.60 Å². The van der Waals surface area contributed by atoms with Crippen molar-refractivity contribution in [2.24, 2.45) is 0 Å². The monoisotopic (exact) mass is 308 g/mol. The second-order valence-electron chi connectivity index (χ2n) is 6.30. The largest absolute Gasteiger partial charge is 0.493 e. The maximum absolute atomic E-state index is 13.5. The molecule has 120 valence electrons. The highest BCUT2D eigenvalue weighted by atomic mass is 19.4. The Balaban J connectivity index is 2.75. The Morgan fingerprint density at radius 2 is 1.62 bits per heavy atom. The van der Waals surface area contributed by atoms with Crippen LogP contribution in [0.5, 0.6) is 5.75 Å². The lowest BCUT2D eigenvalue weighted by Gasteiger charge is -2.26. The van der Waals surface area contributed by atoms with Gasteiger partial charge >= 0.3 is 6.18 Å². The minimum Gasteiger partial charge on any atom is -0.493 e. The lowest BCUT2D eigenvalue weighted by molar-refractivity contribution is -0.256. The standard InChI is InChI=1S/C15H20F4O2/c1-13(2,3)10-7-11(16)9-12(8-10)21-6-5-14(4,20)15(17,18)19/h7-9,20H,5-6H2,1-4H3. The highest BCUT2D eigenvalue weighted by Crippen LogP contribution is 2.33. The van der Waals surface area contributed by atoms with Crippen LogP contribution in [0.4, 0.5) is 17.6 Å². The molecule has 1 unspecified atom stereocenters. The molecule has 0 spiro atoms. The molecule has 0 aliphatic heterocycles. The first-order valence-electron chi connectivity index (χ1n) is 6.56. The van der Waals surface area contributed by atoms with E-state index in [2.05, 4.69) is 0 Å². The van der Waals surface area contributed by atoms with Crippen LogP contribution in [0.25, 0.3) is 0 Å². The minimum absolute atomic E-state index is 0.151. The zero-order valence-electron chi connectivity index (χ0n) is 12.5. The maximum Gasteiger partial charge on any atom is 0.417 e. The topological polar surface area (TPSA) is 29.5 Å². The van der Waals surface area contributed by atoms with E-state index in [1.807, 2.05) is 20.8 Å². The molecule has 0 aliphatic rings. The SMILES string of the molecule is CC(C)(C)c1cc(F)cc(OCCC(C)(O)C(F)(F)F)c1. The van der Waals surface area contributed by atoms with E-state index in [1.165, 1.54) is 6.07 Å². The van der Waals surface area contributed by atoms with E-state index in [-0.39, 0.29) is 17.8 Å². The normalized spacial score (nSPS) is 15.7. The van der Waals surface area contributed by atoms with Gasteiger partial charge in [-0.15, -0.1) is 0 Å². The molecule has 1 rings (SSSR count). The van der Waals surface area contributed by atoms with Crippen molar-refractivity contribution in [3.05, 3.63) is 29.6 Å². The lowest BCUT2D eigenvalue weighted by atomic mass is 9.87. The summed E-state index contributed by atoms with van der Waals surface area (Å²) in [5, 5.41) is 9.29. The first kappa shape index (κ1) is 17.8. The minimum atomic E-state index is -4.73. The molecule has 0 radical (unpaired) electrons.